The first kappa shape index (κ1) is 24.5. The van der Waals surface area contributed by atoms with Crippen molar-refractivity contribution in [3.05, 3.63) is 77.3 Å². The summed E-state index contributed by atoms with van der Waals surface area (Å²) >= 11 is 6.05. The van der Waals surface area contributed by atoms with Gasteiger partial charge in [0.25, 0.3) is 0 Å². The number of para-hydroxylation sites is 1. The predicted molar refractivity (Wildman–Crippen MR) is 137 cm³/mol. The highest BCUT2D eigenvalue weighted by Gasteiger charge is 2.76. The monoisotopic (exact) mass is 507 g/mol. The maximum absolute atomic E-state index is 14.1. The van der Waals surface area contributed by atoms with Crippen molar-refractivity contribution in [2.24, 2.45) is 11.8 Å². The van der Waals surface area contributed by atoms with Gasteiger partial charge < -0.3 is 20.3 Å². The summed E-state index contributed by atoms with van der Waals surface area (Å²) in [5.41, 5.74) is -1.31. The van der Waals surface area contributed by atoms with E-state index in [1.165, 1.54) is 0 Å². The second-order valence-corrected chi connectivity index (χ2v) is 11.5. The van der Waals surface area contributed by atoms with E-state index in [-0.39, 0.29) is 24.3 Å². The number of benzene rings is 2. The van der Waals surface area contributed by atoms with E-state index < -0.39 is 34.6 Å². The average Bonchev–Trinajstić information content (AvgIpc) is 3.36. The van der Waals surface area contributed by atoms with Crippen LogP contribution in [-0.4, -0.2) is 45.4 Å². The number of likely N-dealkylation sites (tertiary alicyclic amines) is 1. The molecule has 1 spiro atoms. The molecular weight excluding hydrogens is 478 g/mol. The van der Waals surface area contributed by atoms with Gasteiger partial charge in [0.15, 0.2) is 0 Å². The summed E-state index contributed by atoms with van der Waals surface area (Å²) < 4.78 is 6.53. The van der Waals surface area contributed by atoms with Crippen molar-refractivity contribution in [2.45, 2.75) is 57.0 Å². The van der Waals surface area contributed by atoms with Crippen LogP contribution in [0.25, 0.3) is 0 Å². The van der Waals surface area contributed by atoms with E-state index in [0.717, 1.165) is 5.56 Å². The predicted octanol–water partition coefficient (Wildman–Crippen LogP) is 3.93. The number of fused-ring (bicyclic) bond motifs is 1. The molecule has 3 aliphatic rings. The lowest BCUT2D eigenvalue weighted by atomic mass is 9.70. The first-order chi connectivity index (χ1) is 16.9. The highest BCUT2D eigenvalue weighted by Crippen LogP contribution is 2.60. The Morgan fingerprint density at radius 1 is 1.03 bits per heavy atom. The fraction of sp³-hybridized carbons (Fsp3) is 0.393. The summed E-state index contributed by atoms with van der Waals surface area (Å²) in [6.07, 6.45) is 3.64. The van der Waals surface area contributed by atoms with Crippen LogP contribution in [0.15, 0.2) is 66.7 Å². The van der Waals surface area contributed by atoms with Crippen LogP contribution in [0.1, 0.15) is 33.3 Å². The molecule has 2 aromatic rings. The molecule has 3 heterocycles. The minimum atomic E-state index is -1.24. The second kappa shape index (κ2) is 8.46. The molecule has 2 fully saturated rings. The zero-order chi connectivity index (χ0) is 25.9. The smallest absolute Gasteiger partial charge is 0.246 e. The zero-order valence-electron chi connectivity index (χ0n) is 20.7. The maximum atomic E-state index is 14.1. The van der Waals surface area contributed by atoms with Gasteiger partial charge in [-0.15, -0.1) is 0 Å². The molecule has 0 aliphatic carbocycles. The van der Waals surface area contributed by atoms with Crippen molar-refractivity contribution in [3.8, 4) is 0 Å². The Hall–Kier alpha value is -3.16. The molecular formula is C28H30ClN3O4. The molecule has 0 saturated carbocycles. The number of carbonyl (C=O) groups excluding carboxylic acids is 3. The van der Waals surface area contributed by atoms with Crippen molar-refractivity contribution >= 4 is 35.0 Å². The summed E-state index contributed by atoms with van der Waals surface area (Å²) in [5.74, 6) is -2.53. The number of amides is 3. The summed E-state index contributed by atoms with van der Waals surface area (Å²) in [5, 5.41) is 6.55. The van der Waals surface area contributed by atoms with Crippen molar-refractivity contribution < 1.29 is 19.1 Å². The van der Waals surface area contributed by atoms with Crippen LogP contribution in [0.2, 0.25) is 5.02 Å². The van der Waals surface area contributed by atoms with Crippen LogP contribution in [0.4, 0.5) is 5.69 Å². The number of carbonyl (C=O) groups is 3. The number of halogens is 1. The minimum Gasteiger partial charge on any atom is -0.356 e. The van der Waals surface area contributed by atoms with E-state index in [0.29, 0.717) is 10.7 Å². The highest BCUT2D eigenvalue weighted by atomic mass is 35.5. The average molecular weight is 508 g/mol. The third-order valence-corrected chi connectivity index (χ3v) is 7.39. The van der Waals surface area contributed by atoms with Gasteiger partial charge in [-0.1, -0.05) is 54.1 Å². The molecule has 2 N–H and O–H groups in total. The molecule has 0 unspecified atom stereocenters. The summed E-state index contributed by atoms with van der Waals surface area (Å²) in [4.78, 5) is 42.9. The number of anilines is 1. The van der Waals surface area contributed by atoms with E-state index in [2.05, 4.69) is 10.6 Å². The zero-order valence-corrected chi connectivity index (χ0v) is 21.5. The fourth-order valence-corrected chi connectivity index (χ4v) is 5.89. The van der Waals surface area contributed by atoms with E-state index in [1.54, 1.807) is 36.1 Å². The molecule has 3 amide bonds. The van der Waals surface area contributed by atoms with Crippen molar-refractivity contribution in [2.75, 3.05) is 5.32 Å². The molecule has 8 heteroatoms. The molecule has 2 aromatic carbocycles. The van der Waals surface area contributed by atoms with Gasteiger partial charge in [-0.05, 0) is 57.5 Å². The third-order valence-electron chi connectivity index (χ3n) is 7.13. The normalized spacial score (nSPS) is 30.4. The van der Waals surface area contributed by atoms with Crippen molar-refractivity contribution in [1.29, 1.82) is 0 Å². The molecule has 3 aliphatic heterocycles. The van der Waals surface area contributed by atoms with Crippen LogP contribution in [0, 0.1) is 11.8 Å². The van der Waals surface area contributed by atoms with E-state index in [9.17, 15) is 14.4 Å². The lowest BCUT2D eigenvalue weighted by Gasteiger charge is -2.35. The van der Waals surface area contributed by atoms with Gasteiger partial charge in [0, 0.05) is 22.8 Å². The van der Waals surface area contributed by atoms with Gasteiger partial charge in [-0.25, -0.2) is 0 Å². The van der Waals surface area contributed by atoms with Crippen molar-refractivity contribution in [3.63, 3.8) is 0 Å². The van der Waals surface area contributed by atoms with E-state index in [1.807, 2.05) is 63.3 Å². The number of hydrogen-bond donors (Lipinski definition) is 2. The number of nitrogens with one attached hydrogen (secondary N) is 2. The Morgan fingerprint density at radius 2 is 1.69 bits per heavy atom. The van der Waals surface area contributed by atoms with Crippen molar-refractivity contribution in [1.82, 2.24) is 10.2 Å². The minimum absolute atomic E-state index is 0.192. The SMILES string of the molecule is CC(C)(C)NC(=O)[C@H]1N(Cc2ccc(Cl)cc2)C(=O)[C@@H]2[C@H](C(=O)Nc3ccccc3)[C@]3(C)C=C[C@]21O3. The highest BCUT2D eigenvalue weighted by molar-refractivity contribution is 6.30. The van der Waals surface area contributed by atoms with Crippen LogP contribution in [-0.2, 0) is 25.7 Å². The second-order valence-electron chi connectivity index (χ2n) is 11.0. The standard InChI is InChI=1S/C28H30ClN3O4/c1-26(2,3)31-24(34)22-28-15-14-27(4,36-28)20(23(33)30-19-8-6-5-7-9-19)21(28)25(35)32(22)16-17-10-12-18(29)13-11-17/h5-15,20-22H,16H2,1-4H3,(H,30,33)(H,31,34)/t20-,21+,22-,27+,28+/m1/s1. The maximum Gasteiger partial charge on any atom is 0.246 e. The lowest BCUT2D eigenvalue weighted by molar-refractivity contribution is -0.145. The Labute approximate surface area is 215 Å². The molecule has 5 rings (SSSR count). The van der Waals surface area contributed by atoms with Gasteiger partial charge in [-0.2, -0.15) is 0 Å². The number of rotatable bonds is 5. The first-order valence-corrected chi connectivity index (χ1v) is 12.4. The van der Waals surface area contributed by atoms with E-state index >= 15 is 0 Å². The molecule has 2 bridgehead atoms. The molecule has 7 nitrogen and oxygen atoms in total. The van der Waals surface area contributed by atoms with Gasteiger partial charge >= 0.3 is 0 Å². The molecule has 5 atom stereocenters. The summed E-state index contributed by atoms with van der Waals surface area (Å²) in [7, 11) is 0. The fourth-order valence-electron chi connectivity index (χ4n) is 5.77. The Morgan fingerprint density at radius 3 is 2.33 bits per heavy atom. The number of nitrogens with zero attached hydrogens (tertiary/aromatic N) is 1. The molecule has 0 radical (unpaired) electrons. The molecule has 188 valence electrons. The van der Waals surface area contributed by atoms with Gasteiger partial charge in [0.05, 0.1) is 17.4 Å². The van der Waals surface area contributed by atoms with Crippen LogP contribution in [0.5, 0.6) is 0 Å². The Balaban J connectivity index is 1.54. The Kier molecular flexibility index (Phi) is 5.76. The van der Waals surface area contributed by atoms with Crippen LogP contribution >= 0.6 is 11.6 Å². The number of hydrogen-bond acceptors (Lipinski definition) is 4. The van der Waals surface area contributed by atoms with Gasteiger partial charge in [0.2, 0.25) is 17.7 Å². The van der Waals surface area contributed by atoms with Crippen LogP contribution in [0.3, 0.4) is 0 Å². The Bertz CT molecular complexity index is 1240. The van der Waals surface area contributed by atoms with Gasteiger partial charge in [0.1, 0.15) is 11.6 Å². The molecule has 36 heavy (non-hydrogen) atoms. The lowest BCUT2D eigenvalue weighted by Crippen LogP contribution is -2.57. The third kappa shape index (κ3) is 4.00. The van der Waals surface area contributed by atoms with Gasteiger partial charge in [-0.3, -0.25) is 14.4 Å². The first-order valence-electron chi connectivity index (χ1n) is 12.1. The number of ether oxygens (including phenoxy) is 1. The largest absolute Gasteiger partial charge is 0.356 e. The summed E-state index contributed by atoms with van der Waals surface area (Å²) in [6.45, 7) is 7.67. The topological polar surface area (TPSA) is 87.7 Å². The summed E-state index contributed by atoms with van der Waals surface area (Å²) in [6, 6.07) is 15.3. The molecule has 0 aromatic heterocycles. The molecule has 2 saturated heterocycles. The van der Waals surface area contributed by atoms with E-state index in [4.69, 9.17) is 16.3 Å². The van der Waals surface area contributed by atoms with Crippen LogP contribution < -0.4 is 10.6 Å². The quantitative estimate of drug-likeness (QED) is 0.600.